The van der Waals surface area contributed by atoms with Gasteiger partial charge in [0.25, 0.3) is 0 Å². The van der Waals surface area contributed by atoms with E-state index in [9.17, 15) is 18.0 Å². The van der Waals surface area contributed by atoms with E-state index in [0.717, 1.165) is 12.8 Å². The van der Waals surface area contributed by atoms with Crippen LogP contribution in [0.2, 0.25) is 0 Å². The Bertz CT molecular complexity index is 975. The lowest BCUT2D eigenvalue weighted by Gasteiger charge is -2.45. The van der Waals surface area contributed by atoms with Gasteiger partial charge in [0.05, 0.1) is 0 Å². The lowest BCUT2D eigenvalue weighted by Crippen LogP contribution is -2.41. The predicted octanol–water partition coefficient (Wildman–Crippen LogP) is 5.76. The molecule has 32 heavy (non-hydrogen) atoms. The molecule has 172 valence electrons. The van der Waals surface area contributed by atoms with Gasteiger partial charge in [0.15, 0.2) is 5.78 Å². The summed E-state index contributed by atoms with van der Waals surface area (Å²) in [4.78, 5) is 18.7. The van der Waals surface area contributed by atoms with Crippen LogP contribution >= 0.6 is 0 Å². The molecule has 1 aromatic heterocycles. The van der Waals surface area contributed by atoms with Crippen LogP contribution in [-0.2, 0) is 6.18 Å². The summed E-state index contributed by atoms with van der Waals surface area (Å²) in [5.41, 5.74) is 1.99. The lowest BCUT2D eigenvalue weighted by atomic mass is 9.65. The van der Waals surface area contributed by atoms with Gasteiger partial charge in [-0.3, -0.25) is 4.79 Å². The monoisotopic (exact) mass is 447 g/mol. The van der Waals surface area contributed by atoms with E-state index in [1.54, 1.807) is 24.3 Å². The average Bonchev–Trinajstić information content (AvgIpc) is 3.13. The van der Waals surface area contributed by atoms with Crippen molar-refractivity contribution in [2.45, 2.75) is 64.0 Å². The van der Waals surface area contributed by atoms with E-state index < -0.39 is 12.1 Å². The van der Waals surface area contributed by atoms with Gasteiger partial charge in [-0.1, -0.05) is 35.8 Å². The van der Waals surface area contributed by atoms with E-state index in [2.05, 4.69) is 19.6 Å². The average molecular weight is 448 g/mol. The Balaban J connectivity index is 1.13. The maximum absolute atomic E-state index is 12.6. The van der Waals surface area contributed by atoms with Crippen molar-refractivity contribution in [3.8, 4) is 11.4 Å². The zero-order valence-electron chi connectivity index (χ0n) is 18.1. The van der Waals surface area contributed by atoms with Crippen LogP contribution < -0.4 is 0 Å². The zero-order valence-corrected chi connectivity index (χ0v) is 18.1. The quantitative estimate of drug-likeness (QED) is 0.481. The largest absolute Gasteiger partial charge is 0.471 e. The Morgan fingerprint density at radius 1 is 1.09 bits per heavy atom. The second-order valence-corrected chi connectivity index (χ2v) is 10.1. The Labute approximate surface area is 185 Å². The molecule has 1 aliphatic heterocycles. The van der Waals surface area contributed by atoms with Crippen LogP contribution in [0.1, 0.15) is 74.0 Å². The molecule has 3 aliphatic rings. The number of carbonyl (C=O) groups is 1. The number of hydrogen-bond donors (Lipinski definition) is 0. The number of nitrogens with zero attached hydrogens (tertiary/aromatic N) is 3. The summed E-state index contributed by atoms with van der Waals surface area (Å²) in [6.45, 7) is 3.69. The molecule has 0 bridgehead atoms. The van der Waals surface area contributed by atoms with Crippen LogP contribution in [0.3, 0.4) is 0 Å². The number of halogens is 3. The molecular formula is C24H28F3N3O2. The second-order valence-electron chi connectivity index (χ2n) is 10.1. The number of Topliss-reactive ketones (excluding diaryl/α,β-unsaturated/α-hetero) is 1. The van der Waals surface area contributed by atoms with Gasteiger partial charge in [-0.15, -0.1) is 0 Å². The Morgan fingerprint density at radius 2 is 1.84 bits per heavy atom. The lowest BCUT2D eigenvalue weighted by molar-refractivity contribution is -0.159. The van der Waals surface area contributed by atoms with Crippen LogP contribution in [0, 0.1) is 10.8 Å². The molecule has 0 atom stereocenters. The molecule has 5 nitrogen and oxygen atoms in total. The molecule has 0 N–H and O–H groups in total. The summed E-state index contributed by atoms with van der Waals surface area (Å²) in [6, 6.07) is 6.37. The van der Waals surface area contributed by atoms with E-state index in [-0.39, 0.29) is 11.6 Å². The number of aromatic nitrogens is 2. The molecule has 2 aliphatic carbocycles. The molecule has 0 amide bonds. The molecule has 1 spiro atoms. The fraction of sp³-hybridized carbons (Fsp3) is 0.625. The van der Waals surface area contributed by atoms with Crippen LogP contribution in [0.4, 0.5) is 13.2 Å². The van der Waals surface area contributed by atoms with Crippen molar-refractivity contribution < 1.29 is 22.5 Å². The number of ketones is 1. The predicted molar refractivity (Wildman–Crippen MR) is 112 cm³/mol. The minimum absolute atomic E-state index is 0.0632. The highest BCUT2D eigenvalue weighted by Gasteiger charge is 2.49. The Kier molecular flexibility index (Phi) is 5.39. The molecule has 2 heterocycles. The zero-order chi connectivity index (χ0) is 22.4. The smallest absolute Gasteiger partial charge is 0.329 e. The minimum Gasteiger partial charge on any atom is -0.329 e. The van der Waals surface area contributed by atoms with Gasteiger partial charge in [0.1, 0.15) is 0 Å². The van der Waals surface area contributed by atoms with E-state index in [1.807, 2.05) is 0 Å². The number of rotatable bonds is 8. The molecule has 0 radical (unpaired) electrons. The first-order valence-electron chi connectivity index (χ1n) is 11.5. The molecule has 3 fully saturated rings. The van der Waals surface area contributed by atoms with Gasteiger partial charge in [-0.2, -0.15) is 18.2 Å². The van der Waals surface area contributed by atoms with Gasteiger partial charge >= 0.3 is 12.1 Å². The topological polar surface area (TPSA) is 59.2 Å². The maximum Gasteiger partial charge on any atom is 0.471 e. The van der Waals surface area contributed by atoms with E-state index in [4.69, 9.17) is 0 Å². The summed E-state index contributed by atoms with van der Waals surface area (Å²) in [5, 5.41) is 3.38. The highest BCUT2D eigenvalue weighted by Crippen LogP contribution is 2.54. The van der Waals surface area contributed by atoms with Gasteiger partial charge in [0, 0.05) is 30.6 Å². The van der Waals surface area contributed by atoms with Crippen molar-refractivity contribution in [3.05, 3.63) is 35.7 Å². The summed E-state index contributed by atoms with van der Waals surface area (Å²) < 4.78 is 42.1. The maximum atomic E-state index is 12.6. The molecule has 1 saturated heterocycles. The molecule has 5 rings (SSSR count). The highest BCUT2D eigenvalue weighted by molar-refractivity contribution is 5.96. The summed E-state index contributed by atoms with van der Waals surface area (Å²) >= 11 is 0. The SMILES string of the molecule is O=C(CCCC1(CN2CCC3(CC3)C2)CCC1)c1ccc(-c2noc(C(F)(F)F)n2)cc1. The van der Waals surface area contributed by atoms with Gasteiger partial charge in [-0.05, 0) is 62.3 Å². The van der Waals surface area contributed by atoms with E-state index >= 15 is 0 Å². The second kappa shape index (κ2) is 7.97. The van der Waals surface area contributed by atoms with Crippen molar-refractivity contribution in [1.29, 1.82) is 0 Å². The fourth-order valence-electron chi connectivity index (χ4n) is 5.42. The summed E-state index contributed by atoms with van der Waals surface area (Å²) in [6.07, 6.45) is 5.77. The molecule has 8 heteroatoms. The first kappa shape index (κ1) is 21.6. The molecule has 2 aromatic rings. The minimum atomic E-state index is -4.67. The van der Waals surface area contributed by atoms with Gasteiger partial charge in [0.2, 0.25) is 5.82 Å². The van der Waals surface area contributed by atoms with Crippen molar-refractivity contribution in [2.24, 2.45) is 10.8 Å². The third-order valence-corrected chi connectivity index (χ3v) is 7.69. The molecule has 0 unspecified atom stereocenters. The fourth-order valence-corrected chi connectivity index (χ4v) is 5.42. The number of benzene rings is 1. The Morgan fingerprint density at radius 3 is 2.41 bits per heavy atom. The normalized spacial score (nSPS) is 21.6. The molecule has 2 saturated carbocycles. The molecular weight excluding hydrogens is 419 g/mol. The standard InChI is InChI=1S/C24H28F3N3O2/c25-24(26,27)21-28-20(29-32-21)18-6-4-17(5-7-18)19(31)3-1-8-22(9-2-10-22)15-30-14-13-23(16-30)11-12-23/h4-7H,1-3,8-16H2. The van der Waals surface area contributed by atoms with E-state index in [1.165, 1.54) is 58.2 Å². The third-order valence-electron chi connectivity index (χ3n) is 7.69. The highest BCUT2D eigenvalue weighted by atomic mass is 19.4. The number of likely N-dealkylation sites (tertiary alicyclic amines) is 1. The Hall–Kier alpha value is -2.22. The number of hydrogen-bond acceptors (Lipinski definition) is 5. The molecule has 1 aromatic carbocycles. The third kappa shape index (κ3) is 4.47. The first-order chi connectivity index (χ1) is 15.3. The van der Waals surface area contributed by atoms with Crippen molar-refractivity contribution in [3.63, 3.8) is 0 Å². The van der Waals surface area contributed by atoms with Crippen molar-refractivity contribution in [1.82, 2.24) is 15.0 Å². The van der Waals surface area contributed by atoms with Gasteiger partial charge in [-0.25, -0.2) is 0 Å². The van der Waals surface area contributed by atoms with Crippen molar-refractivity contribution >= 4 is 5.78 Å². The number of carbonyl (C=O) groups excluding carboxylic acids is 1. The van der Waals surface area contributed by atoms with E-state index in [0.29, 0.717) is 28.4 Å². The number of alkyl halides is 3. The van der Waals surface area contributed by atoms with Crippen molar-refractivity contribution in [2.75, 3.05) is 19.6 Å². The first-order valence-corrected chi connectivity index (χ1v) is 11.5. The summed E-state index contributed by atoms with van der Waals surface area (Å²) in [5.74, 6) is -1.45. The van der Waals surface area contributed by atoms with Crippen LogP contribution in [0.5, 0.6) is 0 Å². The van der Waals surface area contributed by atoms with Crippen LogP contribution in [0.15, 0.2) is 28.8 Å². The van der Waals surface area contributed by atoms with Crippen LogP contribution in [0.25, 0.3) is 11.4 Å². The van der Waals surface area contributed by atoms with Crippen LogP contribution in [-0.4, -0.2) is 40.5 Å². The summed E-state index contributed by atoms with van der Waals surface area (Å²) in [7, 11) is 0. The van der Waals surface area contributed by atoms with Gasteiger partial charge < -0.3 is 9.42 Å².